The van der Waals surface area contributed by atoms with Crippen LogP contribution in [0.3, 0.4) is 0 Å². The molecule has 0 unspecified atom stereocenters. The van der Waals surface area contributed by atoms with Gasteiger partial charge in [-0.25, -0.2) is 0 Å². The first-order chi connectivity index (χ1) is 9.53. The van der Waals surface area contributed by atoms with Crippen LogP contribution in [0.15, 0.2) is 0 Å². The van der Waals surface area contributed by atoms with Gasteiger partial charge >= 0.3 is 0 Å². The van der Waals surface area contributed by atoms with E-state index in [2.05, 4.69) is 5.32 Å². The summed E-state index contributed by atoms with van der Waals surface area (Å²) in [5.41, 5.74) is 6.72. The van der Waals surface area contributed by atoms with E-state index in [-0.39, 0.29) is 5.78 Å². The molecule has 0 saturated heterocycles. The lowest BCUT2D eigenvalue weighted by atomic mass is 10.0. The van der Waals surface area contributed by atoms with E-state index in [0.717, 1.165) is 24.6 Å². The molecule has 3 N–H and O–H groups in total. The molecule has 1 aromatic rings. The average molecular weight is 298 g/mol. The zero-order valence-electron chi connectivity index (χ0n) is 12.2. The average Bonchev–Trinajstić information content (AvgIpc) is 3.12. The molecule has 1 saturated carbocycles. The smallest absolute Gasteiger partial charge is 0.176 e. The van der Waals surface area contributed by atoms with E-state index in [9.17, 15) is 4.79 Å². The zero-order valence-corrected chi connectivity index (χ0v) is 13.1. The maximum atomic E-state index is 11.5. The maximum Gasteiger partial charge on any atom is 0.176 e. The predicted molar refractivity (Wildman–Crippen MR) is 81.9 cm³/mol. The molecule has 1 aliphatic rings. The van der Waals surface area contributed by atoms with Crippen molar-refractivity contribution in [3.05, 3.63) is 4.88 Å². The van der Waals surface area contributed by atoms with Gasteiger partial charge in [-0.3, -0.25) is 4.79 Å². The Kier molecular flexibility index (Phi) is 4.55. The number of hydrogen-bond acceptors (Lipinski definition) is 6. The molecule has 6 heteroatoms. The Labute approximate surface area is 123 Å². The number of nitrogen functional groups attached to an aromatic ring is 1. The number of thiophene rings is 1. The molecule has 0 aliphatic heterocycles. The van der Waals surface area contributed by atoms with Gasteiger partial charge in [-0.1, -0.05) is 0 Å². The Morgan fingerprint density at radius 1 is 1.45 bits per heavy atom. The van der Waals surface area contributed by atoms with Gasteiger partial charge in [0.2, 0.25) is 0 Å². The van der Waals surface area contributed by atoms with Gasteiger partial charge in [0.1, 0.15) is 5.00 Å². The minimum Gasteiger partial charge on any atom is -0.492 e. The quantitative estimate of drug-likeness (QED) is 0.722. The van der Waals surface area contributed by atoms with Crippen LogP contribution in [0.5, 0.6) is 5.75 Å². The lowest BCUT2D eigenvalue weighted by Gasteiger charge is -2.16. The first kappa shape index (κ1) is 15.1. The second-order valence-electron chi connectivity index (χ2n) is 5.36. The molecular weight excluding hydrogens is 276 g/mol. The molecule has 20 heavy (non-hydrogen) atoms. The second kappa shape index (κ2) is 6.01. The highest BCUT2D eigenvalue weighted by Crippen LogP contribution is 2.50. The molecule has 2 rings (SSSR count). The number of nitrogens with one attached hydrogen (secondary N) is 1. The van der Waals surface area contributed by atoms with Gasteiger partial charge in [-0.2, -0.15) is 0 Å². The summed E-state index contributed by atoms with van der Waals surface area (Å²) in [6.07, 6.45) is 3.48. The zero-order chi connectivity index (χ0) is 14.8. The summed E-state index contributed by atoms with van der Waals surface area (Å²) in [5.74, 6) is 0.558. The minimum absolute atomic E-state index is 0.0284. The SMILES string of the molecule is COCCC1(CNc2sc(C(C)=O)c(N)c2OC)CC1. The fourth-order valence-electron chi connectivity index (χ4n) is 2.29. The molecular formula is C14H22N2O3S. The number of ether oxygens (including phenoxy) is 2. The van der Waals surface area contributed by atoms with E-state index < -0.39 is 0 Å². The number of rotatable bonds is 8. The normalized spacial score (nSPS) is 15.9. The molecule has 0 radical (unpaired) electrons. The molecule has 1 aromatic heterocycles. The topological polar surface area (TPSA) is 73.6 Å². The number of methoxy groups -OCH3 is 2. The summed E-state index contributed by atoms with van der Waals surface area (Å²) >= 11 is 1.37. The van der Waals surface area contributed by atoms with E-state index in [1.807, 2.05) is 0 Å². The molecule has 0 amide bonds. The summed E-state index contributed by atoms with van der Waals surface area (Å²) in [4.78, 5) is 12.1. The van der Waals surface area contributed by atoms with Crippen LogP contribution in [-0.2, 0) is 4.74 Å². The highest BCUT2D eigenvalue weighted by Gasteiger charge is 2.42. The van der Waals surface area contributed by atoms with Gasteiger partial charge < -0.3 is 20.5 Å². The van der Waals surface area contributed by atoms with Crippen molar-refractivity contribution in [2.45, 2.75) is 26.2 Å². The molecule has 0 aromatic carbocycles. The van der Waals surface area contributed by atoms with Crippen molar-refractivity contribution in [1.82, 2.24) is 0 Å². The molecule has 112 valence electrons. The van der Waals surface area contributed by atoms with Gasteiger partial charge in [0, 0.05) is 27.2 Å². The van der Waals surface area contributed by atoms with Crippen molar-refractivity contribution in [2.75, 3.05) is 38.4 Å². The van der Waals surface area contributed by atoms with Crippen LogP contribution in [0, 0.1) is 5.41 Å². The van der Waals surface area contributed by atoms with Gasteiger partial charge in [0.25, 0.3) is 0 Å². The van der Waals surface area contributed by atoms with Crippen LogP contribution in [0.2, 0.25) is 0 Å². The van der Waals surface area contributed by atoms with Crippen LogP contribution in [0.1, 0.15) is 35.9 Å². The first-order valence-corrected chi connectivity index (χ1v) is 7.54. The molecule has 1 aliphatic carbocycles. The summed E-state index contributed by atoms with van der Waals surface area (Å²) < 4.78 is 10.5. The molecule has 5 nitrogen and oxygen atoms in total. The van der Waals surface area contributed by atoms with Crippen LogP contribution >= 0.6 is 11.3 Å². The van der Waals surface area contributed by atoms with Crippen molar-refractivity contribution in [2.24, 2.45) is 5.41 Å². The van der Waals surface area contributed by atoms with E-state index in [4.69, 9.17) is 15.2 Å². The molecule has 1 fully saturated rings. The molecule has 1 heterocycles. The maximum absolute atomic E-state index is 11.5. The number of ketones is 1. The van der Waals surface area contributed by atoms with Crippen LogP contribution < -0.4 is 15.8 Å². The van der Waals surface area contributed by atoms with E-state index >= 15 is 0 Å². The lowest BCUT2D eigenvalue weighted by molar-refractivity contribution is 0.102. The number of hydrogen-bond donors (Lipinski definition) is 2. The predicted octanol–water partition coefficient (Wildman–Crippen LogP) is 2.77. The van der Waals surface area contributed by atoms with Crippen LogP contribution in [0.4, 0.5) is 10.7 Å². The fourth-order valence-corrected chi connectivity index (χ4v) is 3.27. The van der Waals surface area contributed by atoms with E-state index in [1.165, 1.54) is 31.1 Å². The van der Waals surface area contributed by atoms with Gasteiger partial charge in [-0.05, 0) is 24.7 Å². The Bertz CT molecular complexity index is 495. The van der Waals surface area contributed by atoms with Crippen LogP contribution in [0.25, 0.3) is 0 Å². The number of nitrogens with two attached hydrogens (primary N) is 1. The lowest BCUT2D eigenvalue weighted by Crippen LogP contribution is -2.17. The number of carbonyl (C=O) groups excluding carboxylic acids is 1. The Morgan fingerprint density at radius 2 is 2.15 bits per heavy atom. The van der Waals surface area contributed by atoms with E-state index in [0.29, 0.717) is 21.7 Å². The van der Waals surface area contributed by atoms with Crippen molar-refractivity contribution < 1.29 is 14.3 Å². The highest BCUT2D eigenvalue weighted by atomic mass is 32.1. The summed E-state index contributed by atoms with van der Waals surface area (Å²) in [5, 5.41) is 4.24. The van der Waals surface area contributed by atoms with Crippen molar-refractivity contribution in [3.8, 4) is 5.75 Å². The number of Topliss-reactive ketones (excluding diaryl/α,β-unsaturated/α-hetero) is 1. The largest absolute Gasteiger partial charge is 0.492 e. The van der Waals surface area contributed by atoms with Gasteiger partial charge in [0.05, 0.1) is 17.7 Å². The first-order valence-electron chi connectivity index (χ1n) is 6.73. The monoisotopic (exact) mass is 298 g/mol. The molecule has 0 atom stereocenters. The van der Waals surface area contributed by atoms with E-state index in [1.54, 1.807) is 14.2 Å². The van der Waals surface area contributed by atoms with Crippen molar-refractivity contribution in [3.63, 3.8) is 0 Å². The third-order valence-electron chi connectivity index (χ3n) is 3.84. The third-order valence-corrected chi connectivity index (χ3v) is 5.09. The van der Waals surface area contributed by atoms with Gasteiger partial charge in [0.15, 0.2) is 11.5 Å². The molecule has 0 bridgehead atoms. The Balaban J connectivity index is 2.06. The van der Waals surface area contributed by atoms with Crippen molar-refractivity contribution in [1.29, 1.82) is 0 Å². The van der Waals surface area contributed by atoms with Crippen molar-refractivity contribution >= 4 is 27.8 Å². The standard InChI is InChI=1S/C14H22N2O3S/c1-9(17)12-10(15)11(19-3)13(20-12)16-8-14(4-5-14)6-7-18-2/h16H,4-8,15H2,1-3H3. The van der Waals surface area contributed by atoms with Gasteiger partial charge in [-0.15, -0.1) is 11.3 Å². The second-order valence-corrected chi connectivity index (χ2v) is 6.38. The summed E-state index contributed by atoms with van der Waals surface area (Å²) in [6.45, 7) is 3.17. The van der Waals surface area contributed by atoms with Crippen LogP contribution in [-0.4, -0.2) is 33.2 Å². The third kappa shape index (κ3) is 3.07. The number of carbonyl (C=O) groups is 1. The highest BCUT2D eigenvalue weighted by molar-refractivity contribution is 7.19. The fraction of sp³-hybridized carbons (Fsp3) is 0.643. The Morgan fingerprint density at radius 3 is 2.65 bits per heavy atom. The summed E-state index contributed by atoms with van der Waals surface area (Å²) in [6, 6.07) is 0. The minimum atomic E-state index is -0.0284. The summed E-state index contributed by atoms with van der Waals surface area (Å²) in [7, 11) is 3.30. The Hall–Kier alpha value is -1.27. The number of anilines is 2. The molecule has 0 spiro atoms.